The molecule has 0 radical (unpaired) electrons. The van der Waals surface area contributed by atoms with Crippen LogP contribution in [0.4, 0.5) is 13.2 Å². The number of hydrogen-bond acceptors (Lipinski definition) is 5. The van der Waals surface area contributed by atoms with E-state index in [-0.39, 0.29) is 11.1 Å². The number of alkyl halides is 3. The molecule has 5 nitrogen and oxygen atoms in total. The van der Waals surface area contributed by atoms with Crippen molar-refractivity contribution in [2.24, 2.45) is 0 Å². The van der Waals surface area contributed by atoms with Crippen LogP contribution in [-0.2, 0) is 14.5 Å². The standard InChI is InChI=1S/C25H38F3NO4SSi/c1-7-8-9-10-11-12-13-22(33-35(5,6)24(2,3)4)20-15-14-19-16-17-23(29-21(19)18-20)32-34(30,31)25(26,27)28/h14-18,22H,7-13H2,1-6H3. The molecule has 1 aromatic heterocycles. The lowest BCUT2D eigenvalue weighted by Gasteiger charge is -2.39. The fourth-order valence-corrected chi connectivity index (χ4v) is 5.19. The molecule has 1 unspecified atom stereocenters. The number of benzene rings is 1. The first-order valence-corrected chi connectivity index (χ1v) is 16.5. The zero-order valence-corrected chi connectivity index (χ0v) is 23.4. The summed E-state index contributed by atoms with van der Waals surface area (Å²) in [5, 5.41) is 0.671. The third-order valence-corrected chi connectivity index (χ3v) is 12.0. The first kappa shape index (κ1) is 29.6. The summed E-state index contributed by atoms with van der Waals surface area (Å²) in [6.07, 6.45) is 7.56. The van der Waals surface area contributed by atoms with Crippen molar-refractivity contribution in [3.8, 4) is 5.88 Å². The Hall–Kier alpha value is -1.65. The Morgan fingerprint density at radius 2 is 1.57 bits per heavy atom. The normalized spacial score (nSPS) is 14.3. The number of rotatable bonds is 12. The average molecular weight is 534 g/mol. The first-order valence-electron chi connectivity index (χ1n) is 12.2. The highest BCUT2D eigenvalue weighted by Crippen LogP contribution is 2.41. The van der Waals surface area contributed by atoms with Gasteiger partial charge in [-0.3, -0.25) is 0 Å². The van der Waals surface area contributed by atoms with Crippen LogP contribution >= 0.6 is 0 Å². The van der Waals surface area contributed by atoms with Gasteiger partial charge in [-0.2, -0.15) is 21.6 Å². The van der Waals surface area contributed by atoms with Crippen LogP contribution in [0.3, 0.4) is 0 Å². The summed E-state index contributed by atoms with van der Waals surface area (Å²) in [7, 11) is -7.90. The largest absolute Gasteiger partial charge is 0.534 e. The van der Waals surface area contributed by atoms with Crippen molar-refractivity contribution in [1.29, 1.82) is 0 Å². The zero-order valence-electron chi connectivity index (χ0n) is 21.5. The number of aromatic nitrogens is 1. The highest BCUT2D eigenvalue weighted by atomic mass is 32.2. The van der Waals surface area contributed by atoms with Crippen molar-refractivity contribution in [3.05, 3.63) is 35.9 Å². The Balaban J connectivity index is 2.33. The lowest BCUT2D eigenvalue weighted by molar-refractivity contribution is -0.0501. The molecule has 198 valence electrons. The molecule has 0 saturated carbocycles. The minimum absolute atomic E-state index is 0.00837. The van der Waals surface area contributed by atoms with Crippen LogP contribution in [0.25, 0.3) is 10.9 Å². The summed E-state index contributed by atoms with van der Waals surface area (Å²) < 4.78 is 71.9. The van der Waals surface area contributed by atoms with Crippen LogP contribution < -0.4 is 4.18 Å². The minimum atomic E-state index is -5.79. The summed E-state index contributed by atoms with van der Waals surface area (Å²) in [6, 6.07) is 8.14. The van der Waals surface area contributed by atoms with Gasteiger partial charge >= 0.3 is 15.6 Å². The molecule has 0 fully saturated rings. The Morgan fingerprint density at radius 3 is 2.17 bits per heavy atom. The van der Waals surface area contributed by atoms with Gasteiger partial charge in [-0.05, 0) is 42.2 Å². The molecule has 0 aliphatic carbocycles. The zero-order chi connectivity index (χ0) is 26.5. The topological polar surface area (TPSA) is 65.5 Å². The number of hydrogen-bond donors (Lipinski definition) is 0. The van der Waals surface area contributed by atoms with E-state index >= 15 is 0 Å². The molecular weight excluding hydrogens is 495 g/mol. The minimum Gasteiger partial charge on any atom is -0.410 e. The number of unbranched alkanes of at least 4 members (excludes halogenated alkanes) is 5. The molecule has 2 rings (SSSR count). The molecule has 1 heterocycles. The van der Waals surface area contributed by atoms with Gasteiger partial charge in [0.15, 0.2) is 8.32 Å². The maximum absolute atomic E-state index is 12.7. The molecule has 35 heavy (non-hydrogen) atoms. The summed E-state index contributed by atoms with van der Waals surface area (Å²) in [4.78, 5) is 4.05. The fourth-order valence-electron chi connectivity index (χ4n) is 3.46. The van der Waals surface area contributed by atoms with Gasteiger partial charge in [-0.15, -0.1) is 0 Å². The lowest BCUT2D eigenvalue weighted by Crippen LogP contribution is -2.41. The van der Waals surface area contributed by atoms with E-state index < -0.39 is 29.8 Å². The van der Waals surface area contributed by atoms with E-state index in [1.807, 2.05) is 12.1 Å². The quantitative estimate of drug-likeness (QED) is 0.119. The SMILES string of the molecule is CCCCCCCCC(O[Si](C)(C)C(C)(C)C)c1ccc2ccc(OS(=O)(=O)C(F)(F)F)nc2c1. The lowest BCUT2D eigenvalue weighted by atomic mass is 10.0. The second kappa shape index (κ2) is 11.6. The average Bonchev–Trinajstić information content (AvgIpc) is 2.73. The van der Waals surface area contributed by atoms with E-state index in [4.69, 9.17) is 4.43 Å². The number of pyridine rings is 1. The molecule has 0 saturated heterocycles. The fraction of sp³-hybridized carbons (Fsp3) is 0.640. The molecule has 1 aromatic carbocycles. The molecular formula is C25H38F3NO4SSi. The van der Waals surface area contributed by atoms with E-state index in [0.29, 0.717) is 10.9 Å². The van der Waals surface area contributed by atoms with Crippen LogP contribution in [-0.4, -0.2) is 27.2 Å². The molecule has 1 atom stereocenters. The second-order valence-electron chi connectivity index (χ2n) is 10.5. The van der Waals surface area contributed by atoms with Crippen molar-refractivity contribution in [2.45, 2.75) is 102 Å². The maximum Gasteiger partial charge on any atom is 0.534 e. The molecule has 0 N–H and O–H groups in total. The predicted octanol–water partition coefficient (Wildman–Crippen LogP) is 8.28. The third-order valence-electron chi connectivity index (χ3n) is 6.60. The van der Waals surface area contributed by atoms with Crippen LogP contribution in [0.15, 0.2) is 30.3 Å². The van der Waals surface area contributed by atoms with E-state index in [1.54, 1.807) is 6.07 Å². The van der Waals surface area contributed by atoms with E-state index in [9.17, 15) is 21.6 Å². The Kier molecular flexibility index (Phi) is 9.80. The highest BCUT2D eigenvalue weighted by molar-refractivity contribution is 7.87. The van der Waals surface area contributed by atoms with Crippen LogP contribution in [0.2, 0.25) is 18.1 Å². The maximum atomic E-state index is 12.7. The van der Waals surface area contributed by atoms with Gasteiger partial charge in [0.2, 0.25) is 5.88 Å². The molecule has 0 spiro atoms. The molecule has 0 bridgehead atoms. The Bertz CT molecular complexity index is 1080. The Labute approximate surface area is 208 Å². The van der Waals surface area contributed by atoms with Gasteiger partial charge in [-0.1, -0.05) is 78.4 Å². The van der Waals surface area contributed by atoms with Gasteiger partial charge in [-0.25, -0.2) is 4.98 Å². The molecule has 10 heteroatoms. The summed E-state index contributed by atoms with van der Waals surface area (Å²) in [6.45, 7) is 13.1. The molecule has 0 aliphatic rings. The first-order chi connectivity index (χ1) is 16.1. The smallest absolute Gasteiger partial charge is 0.410 e. The van der Waals surface area contributed by atoms with E-state index in [1.165, 1.54) is 31.7 Å². The molecule has 0 aliphatic heterocycles. The van der Waals surface area contributed by atoms with Crippen LogP contribution in [0.5, 0.6) is 5.88 Å². The predicted molar refractivity (Wildman–Crippen MR) is 136 cm³/mol. The van der Waals surface area contributed by atoms with Crippen LogP contribution in [0, 0.1) is 0 Å². The van der Waals surface area contributed by atoms with Crippen molar-refractivity contribution in [2.75, 3.05) is 0 Å². The third kappa shape index (κ3) is 8.18. The van der Waals surface area contributed by atoms with Crippen molar-refractivity contribution in [1.82, 2.24) is 4.98 Å². The van der Waals surface area contributed by atoms with Gasteiger partial charge in [0.1, 0.15) is 0 Å². The van der Waals surface area contributed by atoms with E-state index in [0.717, 1.165) is 30.9 Å². The number of nitrogens with zero attached hydrogens (tertiary/aromatic N) is 1. The Morgan fingerprint density at radius 1 is 0.971 bits per heavy atom. The van der Waals surface area contributed by atoms with Gasteiger partial charge in [0.05, 0.1) is 11.6 Å². The summed E-state index contributed by atoms with van der Waals surface area (Å²) >= 11 is 0. The van der Waals surface area contributed by atoms with Gasteiger partial charge in [0, 0.05) is 11.5 Å². The molecule has 2 aromatic rings. The van der Waals surface area contributed by atoms with E-state index in [2.05, 4.69) is 50.0 Å². The van der Waals surface area contributed by atoms with Crippen molar-refractivity contribution < 1.29 is 30.2 Å². The highest BCUT2D eigenvalue weighted by Gasteiger charge is 2.49. The van der Waals surface area contributed by atoms with Gasteiger partial charge < -0.3 is 8.61 Å². The summed E-state index contributed by atoms with van der Waals surface area (Å²) in [5.41, 5.74) is -4.30. The summed E-state index contributed by atoms with van der Waals surface area (Å²) in [5.74, 6) is -0.621. The van der Waals surface area contributed by atoms with Crippen molar-refractivity contribution >= 4 is 29.3 Å². The van der Waals surface area contributed by atoms with Crippen LogP contribution in [0.1, 0.15) is 84.3 Å². The second-order valence-corrected chi connectivity index (χ2v) is 16.8. The van der Waals surface area contributed by atoms with Gasteiger partial charge in [0.25, 0.3) is 0 Å². The molecule has 0 amide bonds. The number of fused-ring (bicyclic) bond motifs is 1. The number of halogens is 3. The monoisotopic (exact) mass is 533 g/mol. The van der Waals surface area contributed by atoms with Crippen molar-refractivity contribution in [3.63, 3.8) is 0 Å².